The molecule has 1 aliphatic carbocycles. The average Bonchev–Trinajstić information content (AvgIpc) is 3.19. The van der Waals surface area contributed by atoms with Gasteiger partial charge in [0.25, 0.3) is 0 Å². The Bertz CT molecular complexity index is 566. The summed E-state index contributed by atoms with van der Waals surface area (Å²) in [5.74, 6) is 0.487. The van der Waals surface area contributed by atoms with Crippen molar-refractivity contribution in [1.82, 2.24) is 4.98 Å². The quantitative estimate of drug-likeness (QED) is 0.718. The van der Waals surface area contributed by atoms with Crippen molar-refractivity contribution in [3.8, 4) is 0 Å². The van der Waals surface area contributed by atoms with Gasteiger partial charge in [-0.1, -0.05) is 0 Å². The summed E-state index contributed by atoms with van der Waals surface area (Å²) in [6, 6.07) is 7.62. The van der Waals surface area contributed by atoms with Gasteiger partial charge in [0.1, 0.15) is 0 Å². The van der Waals surface area contributed by atoms with Gasteiger partial charge in [0.2, 0.25) is 0 Å². The first-order valence-corrected chi connectivity index (χ1v) is 6.30. The predicted molar refractivity (Wildman–Crippen MR) is 73.4 cm³/mol. The van der Waals surface area contributed by atoms with E-state index in [2.05, 4.69) is 10.3 Å². The number of hydrogen-bond acceptors (Lipinski definition) is 4. The van der Waals surface area contributed by atoms with Gasteiger partial charge in [0.05, 0.1) is 11.6 Å². The van der Waals surface area contributed by atoms with Crippen LogP contribution in [0.3, 0.4) is 0 Å². The summed E-state index contributed by atoms with van der Waals surface area (Å²) in [4.78, 5) is 4.29. The van der Waals surface area contributed by atoms with E-state index in [-0.39, 0.29) is 6.10 Å². The molecule has 1 heterocycles. The highest BCUT2D eigenvalue weighted by molar-refractivity contribution is 5.92. The SMILES string of the molecule is Nc1ccc2c(NCC(O)C3CC3)ccnc2c1. The maximum absolute atomic E-state index is 9.87. The fraction of sp³-hybridized carbons (Fsp3) is 0.357. The molecule has 4 nitrogen and oxygen atoms in total. The zero-order valence-corrected chi connectivity index (χ0v) is 10.1. The summed E-state index contributed by atoms with van der Waals surface area (Å²) >= 11 is 0. The molecule has 1 atom stereocenters. The first-order chi connectivity index (χ1) is 8.74. The second kappa shape index (κ2) is 4.46. The largest absolute Gasteiger partial charge is 0.399 e. The molecule has 18 heavy (non-hydrogen) atoms. The molecule has 0 bridgehead atoms. The van der Waals surface area contributed by atoms with Gasteiger partial charge in [0, 0.05) is 29.5 Å². The van der Waals surface area contributed by atoms with Gasteiger partial charge in [-0.25, -0.2) is 0 Å². The van der Waals surface area contributed by atoms with Crippen LogP contribution in [0.5, 0.6) is 0 Å². The van der Waals surface area contributed by atoms with Crippen molar-refractivity contribution < 1.29 is 5.11 Å². The van der Waals surface area contributed by atoms with Crippen molar-refractivity contribution >= 4 is 22.3 Å². The van der Waals surface area contributed by atoms with E-state index in [4.69, 9.17) is 5.73 Å². The van der Waals surface area contributed by atoms with Crippen LogP contribution in [-0.4, -0.2) is 22.7 Å². The van der Waals surface area contributed by atoms with E-state index in [0.29, 0.717) is 18.2 Å². The third kappa shape index (κ3) is 2.24. The number of rotatable bonds is 4. The second-order valence-electron chi connectivity index (χ2n) is 4.92. The minimum Gasteiger partial charge on any atom is -0.399 e. The number of nitrogens with two attached hydrogens (primary N) is 1. The van der Waals surface area contributed by atoms with E-state index in [1.54, 1.807) is 6.20 Å². The zero-order valence-electron chi connectivity index (χ0n) is 10.1. The number of hydrogen-bond donors (Lipinski definition) is 3. The molecule has 1 aromatic heterocycles. The highest BCUT2D eigenvalue weighted by atomic mass is 16.3. The van der Waals surface area contributed by atoms with Crippen molar-refractivity contribution in [1.29, 1.82) is 0 Å². The van der Waals surface area contributed by atoms with Crippen LogP contribution in [0, 0.1) is 5.92 Å². The normalized spacial score (nSPS) is 16.7. The lowest BCUT2D eigenvalue weighted by atomic mass is 10.1. The number of anilines is 2. The van der Waals surface area contributed by atoms with Crippen LogP contribution in [0.4, 0.5) is 11.4 Å². The molecule has 1 saturated carbocycles. The molecular weight excluding hydrogens is 226 g/mol. The Balaban J connectivity index is 1.82. The number of aliphatic hydroxyl groups is 1. The molecule has 0 amide bonds. The highest BCUT2D eigenvalue weighted by Crippen LogP contribution is 2.33. The van der Waals surface area contributed by atoms with Crippen LogP contribution in [0.2, 0.25) is 0 Å². The van der Waals surface area contributed by atoms with Crippen molar-refractivity contribution in [2.75, 3.05) is 17.6 Å². The molecule has 1 fully saturated rings. The Kier molecular flexibility index (Phi) is 2.80. The molecule has 3 rings (SSSR count). The Morgan fingerprint density at radius 2 is 2.22 bits per heavy atom. The van der Waals surface area contributed by atoms with E-state index < -0.39 is 0 Å². The number of benzene rings is 1. The summed E-state index contributed by atoms with van der Waals surface area (Å²) in [5.41, 5.74) is 8.33. The van der Waals surface area contributed by atoms with Gasteiger partial charge in [-0.15, -0.1) is 0 Å². The van der Waals surface area contributed by atoms with Crippen LogP contribution < -0.4 is 11.1 Å². The van der Waals surface area contributed by atoms with E-state index >= 15 is 0 Å². The molecule has 4 N–H and O–H groups in total. The monoisotopic (exact) mass is 243 g/mol. The number of nitrogens with one attached hydrogen (secondary N) is 1. The topological polar surface area (TPSA) is 71.2 Å². The predicted octanol–water partition coefficient (Wildman–Crippen LogP) is 2.00. The fourth-order valence-electron chi connectivity index (χ4n) is 2.18. The van der Waals surface area contributed by atoms with E-state index in [1.165, 1.54) is 0 Å². The van der Waals surface area contributed by atoms with Crippen molar-refractivity contribution in [2.45, 2.75) is 18.9 Å². The van der Waals surface area contributed by atoms with Crippen LogP contribution >= 0.6 is 0 Å². The molecule has 1 aromatic carbocycles. The van der Waals surface area contributed by atoms with Gasteiger partial charge in [-0.05, 0) is 43.0 Å². The average molecular weight is 243 g/mol. The molecular formula is C14H17N3O. The Morgan fingerprint density at radius 1 is 1.39 bits per heavy atom. The maximum atomic E-state index is 9.87. The van der Waals surface area contributed by atoms with E-state index in [9.17, 15) is 5.11 Å². The maximum Gasteiger partial charge on any atom is 0.0743 e. The van der Waals surface area contributed by atoms with Crippen LogP contribution in [0.1, 0.15) is 12.8 Å². The Hall–Kier alpha value is -1.81. The van der Waals surface area contributed by atoms with Gasteiger partial charge >= 0.3 is 0 Å². The molecule has 1 unspecified atom stereocenters. The lowest BCUT2D eigenvalue weighted by Gasteiger charge is -2.13. The summed E-state index contributed by atoms with van der Waals surface area (Å²) in [5, 5.41) is 14.2. The zero-order chi connectivity index (χ0) is 12.5. The molecule has 0 saturated heterocycles. The number of fused-ring (bicyclic) bond motifs is 1. The smallest absolute Gasteiger partial charge is 0.0743 e. The molecule has 94 valence electrons. The fourth-order valence-corrected chi connectivity index (χ4v) is 2.18. The van der Waals surface area contributed by atoms with Crippen molar-refractivity contribution in [3.05, 3.63) is 30.5 Å². The van der Waals surface area contributed by atoms with Gasteiger partial charge in [-0.2, -0.15) is 0 Å². The number of aliphatic hydroxyl groups excluding tert-OH is 1. The molecule has 0 radical (unpaired) electrons. The molecule has 1 aliphatic rings. The highest BCUT2D eigenvalue weighted by Gasteiger charge is 2.29. The molecule has 0 aliphatic heterocycles. The van der Waals surface area contributed by atoms with E-state index in [1.807, 2.05) is 24.3 Å². The lowest BCUT2D eigenvalue weighted by Crippen LogP contribution is -2.21. The second-order valence-corrected chi connectivity index (χ2v) is 4.92. The molecule has 0 spiro atoms. The van der Waals surface area contributed by atoms with Crippen LogP contribution in [0.15, 0.2) is 30.5 Å². The van der Waals surface area contributed by atoms with Gasteiger partial charge in [0.15, 0.2) is 0 Å². The van der Waals surface area contributed by atoms with Crippen molar-refractivity contribution in [2.24, 2.45) is 5.92 Å². The number of pyridine rings is 1. The molecule has 4 heteroatoms. The minimum atomic E-state index is -0.248. The van der Waals surface area contributed by atoms with Crippen LogP contribution in [-0.2, 0) is 0 Å². The van der Waals surface area contributed by atoms with Gasteiger partial charge < -0.3 is 16.2 Å². The number of nitrogens with zero attached hydrogens (tertiary/aromatic N) is 1. The third-order valence-electron chi connectivity index (χ3n) is 3.43. The lowest BCUT2D eigenvalue weighted by molar-refractivity contribution is 0.164. The Morgan fingerprint density at radius 3 is 3.00 bits per heavy atom. The van der Waals surface area contributed by atoms with Crippen molar-refractivity contribution in [3.63, 3.8) is 0 Å². The van der Waals surface area contributed by atoms with Gasteiger partial charge in [-0.3, -0.25) is 4.98 Å². The minimum absolute atomic E-state index is 0.248. The van der Waals surface area contributed by atoms with E-state index in [0.717, 1.165) is 29.4 Å². The standard InChI is InChI=1S/C14H17N3O/c15-10-3-4-11-12(5-6-16-13(11)7-10)17-8-14(18)9-1-2-9/h3-7,9,14,18H,1-2,8,15H2,(H,16,17). The van der Waals surface area contributed by atoms with Crippen LogP contribution in [0.25, 0.3) is 10.9 Å². The summed E-state index contributed by atoms with van der Waals surface area (Å²) in [7, 11) is 0. The Labute approximate surface area is 106 Å². The summed E-state index contributed by atoms with van der Waals surface area (Å²) in [6.07, 6.45) is 3.81. The summed E-state index contributed by atoms with van der Waals surface area (Å²) < 4.78 is 0. The first-order valence-electron chi connectivity index (χ1n) is 6.30. The summed E-state index contributed by atoms with van der Waals surface area (Å²) in [6.45, 7) is 0.591. The first kappa shape index (κ1) is 11.3. The number of nitrogen functional groups attached to an aromatic ring is 1. The third-order valence-corrected chi connectivity index (χ3v) is 3.43. The number of aromatic nitrogens is 1. The molecule has 2 aromatic rings.